The molecule has 2 N–H and O–H groups in total. The second-order valence-electron chi connectivity index (χ2n) is 4.91. The highest BCUT2D eigenvalue weighted by molar-refractivity contribution is 7.99. The largest absolute Gasteiger partial charge is 0.346 e. The molecule has 3 rings (SSSR count). The topological polar surface area (TPSA) is 61.4 Å². The van der Waals surface area contributed by atoms with E-state index < -0.39 is 0 Å². The molecule has 1 unspecified atom stereocenters. The van der Waals surface area contributed by atoms with Crippen LogP contribution in [0.5, 0.6) is 0 Å². The number of nitrogens with one attached hydrogen (secondary N) is 2. The third kappa shape index (κ3) is 2.66. The minimum absolute atomic E-state index is 0.0473. The zero-order valence-electron chi connectivity index (χ0n) is 11.1. The van der Waals surface area contributed by atoms with Crippen LogP contribution in [0.4, 0.5) is 5.69 Å². The average molecular weight is 291 g/mol. The lowest BCUT2D eigenvalue weighted by atomic mass is 10.2. The molecule has 0 bridgehead atoms. The maximum Gasteiger partial charge on any atom is 0.246 e. The van der Waals surface area contributed by atoms with Gasteiger partial charge in [-0.15, -0.1) is 11.8 Å². The maximum atomic E-state index is 12.2. The Labute approximate surface area is 122 Å². The van der Waals surface area contributed by atoms with Gasteiger partial charge in [-0.25, -0.2) is 0 Å². The highest BCUT2D eigenvalue weighted by Crippen LogP contribution is 2.27. The lowest BCUT2D eigenvalue weighted by Gasteiger charge is -2.18. The van der Waals surface area contributed by atoms with E-state index in [-0.39, 0.29) is 24.4 Å². The number of carbonyl (C=O) groups is 2. The first-order valence-electron chi connectivity index (χ1n) is 6.73. The summed E-state index contributed by atoms with van der Waals surface area (Å²) in [5.74, 6) is 1.43. The van der Waals surface area contributed by atoms with Crippen molar-refractivity contribution in [2.45, 2.75) is 12.5 Å². The summed E-state index contributed by atoms with van der Waals surface area (Å²) in [4.78, 5) is 25.8. The van der Waals surface area contributed by atoms with Gasteiger partial charge in [0.25, 0.3) is 0 Å². The minimum atomic E-state index is -0.168. The summed E-state index contributed by atoms with van der Waals surface area (Å²) in [6.45, 7) is 0.765. The molecule has 2 aliphatic rings. The van der Waals surface area contributed by atoms with Crippen molar-refractivity contribution < 1.29 is 9.59 Å². The zero-order valence-corrected chi connectivity index (χ0v) is 11.9. The van der Waals surface area contributed by atoms with E-state index >= 15 is 0 Å². The molecule has 1 fully saturated rings. The summed E-state index contributed by atoms with van der Waals surface area (Å²) < 4.78 is 0. The van der Waals surface area contributed by atoms with Crippen molar-refractivity contribution >= 4 is 29.3 Å². The van der Waals surface area contributed by atoms with E-state index in [0.29, 0.717) is 6.54 Å². The molecular weight excluding hydrogens is 274 g/mol. The lowest BCUT2D eigenvalue weighted by molar-refractivity contribution is -0.125. The van der Waals surface area contributed by atoms with Gasteiger partial charge in [-0.3, -0.25) is 14.9 Å². The molecule has 1 aromatic carbocycles. The predicted molar refractivity (Wildman–Crippen MR) is 79.8 cm³/mol. The van der Waals surface area contributed by atoms with Crippen LogP contribution in [0.2, 0.25) is 0 Å². The van der Waals surface area contributed by atoms with E-state index in [1.165, 1.54) is 5.56 Å². The highest BCUT2D eigenvalue weighted by Gasteiger charge is 2.26. The van der Waals surface area contributed by atoms with Crippen molar-refractivity contribution in [3.63, 3.8) is 0 Å². The molecule has 2 amide bonds. The summed E-state index contributed by atoms with van der Waals surface area (Å²) in [7, 11) is 0. The second-order valence-corrected chi connectivity index (χ2v) is 5.94. The first kappa shape index (κ1) is 13.5. The van der Waals surface area contributed by atoms with Gasteiger partial charge < -0.3 is 10.2 Å². The van der Waals surface area contributed by atoms with Crippen LogP contribution in [-0.2, 0) is 16.0 Å². The van der Waals surface area contributed by atoms with Gasteiger partial charge in [-0.1, -0.05) is 18.2 Å². The van der Waals surface area contributed by atoms with Gasteiger partial charge in [-0.2, -0.15) is 0 Å². The van der Waals surface area contributed by atoms with Crippen LogP contribution in [0, 0.1) is 0 Å². The molecule has 0 aromatic heterocycles. The SMILES string of the molecule is O=C(NCC(=O)N1CCc2ccccc21)C1CSCN1. The number of thioether (sulfide) groups is 1. The summed E-state index contributed by atoms with van der Waals surface area (Å²) in [5.41, 5.74) is 2.17. The molecule has 0 aliphatic carbocycles. The fourth-order valence-corrected chi connectivity index (χ4v) is 3.48. The van der Waals surface area contributed by atoms with E-state index in [2.05, 4.69) is 10.6 Å². The van der Waals surface area contributed by atoms with E-state index in [4.69, 9.17) is 0 Å². The fraction of sp³-hybridized carbons (Fsp3) is 0.429. The van der Waals surface area contributed by atoms with Crippen LogP contribution in [0.1, 0.15) is 5.56 Å². The Balaban J connectivity index is 1.56. The quantitative estimate of drug-likeness (QED) is 0.844. The normalized spacial score (nSPS) is 20.8. The molecule has 1 saturated heterocycles. The number of rotatable bonds is 3. The Bertz CT molecular complexity index is 529. The monoisotopic (exact) mass is 291 g/mol. The van der Waals surface area contributed by atoms with Crippen molar-refractivity contribution in [2.75, 3.05) is 29.6 Å². The molecule has 106 valence electrons. The van der Waals surface area contributed by atoms with Gasteiger partial charge in [-0.05, 0) is 18.1 Å². The van der Waals surface area contributed by atoms with Crippen molar-refractivity contribution in [2.24, 2.45) is 0 Å². The Kier molecular flexibility index (Phi) is 3.93. The molecule has 1 atom stereocenters. The van der Waals surface area contributed by atoms with Crippen LogP contribution in [0.25, 0.3) is 0 Å². The van der Waals surface area contributed by atoms with Crippen LogP contribution in [-0.4, -0.2) is 42.6 Å². The third-order valence-corrected chi connectivity index (χ3v) is 4.57. The molecule has 5 nitrogen and oxygen atoms in total. The average Bonchev–Trinajstić information content (AvgIpc) is 3.13. The van der Waals surface area contributed by atoms with E-state index in [0.717, 1.165) is 23.7 Å². The van der Waals surface area contributed by atoms with Crippen LogP contribution in [0.15, 0.2) is 24.3 Å². The van der Waals surface area contributed by atoms with Crippen molar-refractivity contribution in [1.29, 1.82) is 0 Å². The summed E-state index contributed by atoms with van der Waals surface area (Å²) >= 11 is 1.69. The van der Waals surface area contributed by atoms with Gasteiger partial charge >= 0.3 is 0 Å². The number of anilines is 1. The van der Waals surface area contributed by atoms with E-state index in [1.807, 2.05) is 24.3 Å². The lowest BCUT2D eigenvalue weighted by Crippen LogP contribution is -2.46. The second kappa shape index (κ2) is 5.85. The van der Waals surface area contributed by atoms with Crippen molar-refractivity contribution in [1.82, 2.24) is 10.6 Å². The van der Waals surface area contributed by atoms with Gasteiger partial charge in [0.15, 0.2) is 0 Å². The Hall–Kier alpha value is -1.53. The zero-order chi connectivity index (χ0) is 13.9. The van der Waals surface area contributed by atoms with Crippen LogP contribution >= 0.6 is 11.8 Å². The van der Waals surface area contributed by atoms with Crippen molar-refractivity contribution in [3.05, 3.63) is 29.8 Å². The molecule has 1 aromatic rings. The van der Waals surface area contributed by atoms with Crippen LogP contribution in [0.3, 0.4) is 0 Å². The standard InChI is InChI=1S/C14H17N3O2S/c18-13(7-15-14(19)11-8-20-9-16-11)17-6-5-10-3-1-2-4-12(10)17/h1-4,11,16H,5-9H2,(H,15,19). The number of para-hydroxylation sites is 1. The fourth-order valence-electron chi connectivity index (χ4n) is 2.54. The molecule has 6 heteroatoms. The number of benzene rings is 1. The summed E-state index contributed by atoms with van der Waals surface area (Å²) in [5, 5.41) is 5.82. The van der Waals surface area contributed by atoms with Crippen LogP contribution < -0.4 is 15.5 Å². The van der Waals surface area contributed by atoms with Gasteiger partial charge in [0.2, 0.25) is 11.8 Å². The highest BCUT2D eigenvalue weighted by atomic mass is 32.2. The van der Waals surface area contributed by atoms with E-state index in [9.17, 15) is 9.59 Å². The smallest absolute Gasteiger partial charge is 0.246 e. The number of nitrogens with zero attached hydrogens (tertiary/aromatic N) is 1. The molecule has 0 spiro atoms. The molecule has 2 heterocycles. The maximum absolute atomic E-state index is 12.2. The number of amides is 2. The Morgan fingerprint density at radius 1 is 1.40 bits per heavy atom. The molecule has 0 radical (unpaired) electrons. The molecule has 2 aliphatic heterocycles. The third-order valence-electron chi connectivity index (χ3n) is 3.63. The summed E-state index contributed by atoms with van der Waals surface area (Å²) in [6, 6.07) is 7.75. The minimum Gasteiger partial charge on any atom is -0.346 e. The van der Waals surface area contributed by atoms with Gasteiger partial charge in [0, 0.05) is 23.9 Å². The predicted octanol–water partition coefficient (Wildman–Crippen LogP) is 0.354. The molecule has 20 heavy (non-hydrogen) atoms. The Morgan fingerprint density at radius 3 is 3.05 bits per heavy atom. The van der Waals surface area contributed by atoms with Gasteiger partial charge in [0.05, 0.1) is 12.6 Å². The summed E-state index contributed by atoms with van der Waals surface area (Å²) in [6.07, 6.45) is 0.886. The molecule has 0 saturated carbocycles. The number of hydrogen-bond acceptors (Lipinski definition) is 4. The van der Waals surface area contributed by atoms with Gasteiger partial charge in [0.1, 0.15) is 0 Å². The number of fused-ring (bicyclic) bond motifs is 1. The number of hydrogen-bond donors (Lipinski definition) is 2. The first-order chi connectivity index (χ1) is 9.75. The molecular formula is C14H17N3O2S. The van der Waals surface area contributed by atoms with Crippen molar-refractivity contribution in [3.8, 4) is 0 Å². The number of carbonyl (C=O) groups excluding carboxylic acids is 2. The van der Waals surface area contributed by atoms with E-state index in [1.54, 1.807) is 16.7 Å². The Morgan fingerprint density at radius 2 is 2.25 bits per heavy atom. The first-order valence-corrected chi connectivity index (χ1v) is 7.88.